The molecule has 0 bridgehead atoms. The van der Waals surface area contributed by atoms with E-state index in [4.69, 9.17) is 10.00 Å². The van der Waals surface area contributed by atoms with Crippen molar-refractivity contribution in [3.8, 4) is 6.07 Å². The van der Waals surface area contributed by atoms with Crippen LogP contribution in [0, 0.1) is 11.3 Å². The molecule has 0 fully saturated rings. The average molecular weight is 256 g/mol. The first kappa shape index (κ1) is 13.3. The maximum atomic E-state index is 9.86. The van der Waals surface area contributed by atoms with Gasteiger partial charge in [0.1, 0.15) is 11.8 Å². The smallest absolute Gasteiger partial charge is 0.120 e. The monoisotopic (exact) mass is 256 g/mol. The van der Waals surface area contributed by atoms with Crippen LogP contribution < -0.4 is 0 Å². The molecule has 98 valence electrons. The Hall–Kier alpha value is -2.09. The topological polar surface area (TPSA) is 58.2 Å². The van der Waals surface area contributed by atoms with Gasteiger partial charge in [-0.3, -0.25) is 0 Å². The van der Waals surface area contributed by atoms with Gasteiger partial charge in [0.2, 0.25) is 0 Å². The van der Waals surface area contributed by atoms with Crippen molar-refractivity contribution in [1.29, 1.82) is 5.26 Å². The van der Waals surface area contributed by atoms with Crippen molar-refractivity contribution in [3.63, 3.8) is 0 Å². The number of nitriles is 1. The Morgan fingerprint density at radius 2 is 2.00 bits per heavy atom. The van der Waals surface area contributed by atoms with E-state index < -0.39 is 6.10 Å². The molecule has 2 rings (SSSR count). The number of hydrogen-bond acceptors (Lipinski definition) is 3. The van der Waals surface area contributed by atoms with Crippen LogP contribution in [0.4, 0.5) is 0 Å². The number of nitrogens with zero attached hydrogens (tertiary/aromatic N) is 2. The van der Waals surface area contributed by atoms with Crippen LogP contribution in [0.25, 0.3) is 0 Å². The summed E-state index contributed by atoms with van der Waals surface area (Å²) in [6.07, 6.45) is 1.15. The summed E-state index contributed by atoms with van der Waals surface area (Å²) < 4.78 is 7.18. The van der Waals surface area contributed by atoms with Gasteiger partial charge >= 0.3 is 0 Å². The van der Waals surface area contributed by atoms with Gasteiger partial charge in [0.05, 0.1) is 25.9 Å². The van der Waals surface area contributed by atoms with Crippen molar-refractivity contribution >= 4 is 0 Å². The second-order valence-electron chi connectivity index (χ2n) is 4.31. The van der Waals surface area contributed by atoms with E-state index >= 15 is 0 Å². The normalized spacial score (nSPS) is 12.0. The molecule has 0 aliphatic heterocycles. The van der Waals surface area contributed by atoms with Crippen LogP contribution in [0.2, 0.25) is 0 Å². The predicted octanol–water partition coefficient (Wildman–Crippen LogP) is 1.94. The minimum absolute atomic E-state index is 0.248. The zero-order valence-electron chi connectivity index (χ0n) is 10.6. The van der Waals surface area contributed by atoms with Gasteiger partial charge in [-0.25, -0.2) is 0 Å². The van der Waals surface area contributed by atoms with Crippen molar-refractivity contribution in [3.05, 3.63) is 59.9 Å². The van der Waals surface area contributed by atoms with E-state index in [-0.39, 0.29) is 6.61 Å². The molecule has 1 aromatic carbocycles. The van der Waals surface area contributed by atoms with Crippen molar-refractivity contribution in [2.75, 3.05) is 6.61 Å². The molecule has 0 radical (unpaired) electrons. The maximum absolute atomic E-state index is 9.86. The molecule has 4 heteroatoms. The van der Waals surface area contributed by atoms with Crippen molar-refractivity contribution in [1.82, 2.24) is 4.57 Å². The summed E-state index contributed by atoms with van der Waals surface area (Å²) in [5.74, 6) is 0. The fourth-order valence-corrected chi connectivity index (χ4v) is 1.84. The molecule has 1 heterocycles. The van der Waals surface area contributed by atoms with E-state index in [0.717, 1.165) is 5.56 Å². The largest absolute Gasteiger partial charge is 0.389 e. The van der Waals surface area contributed by atoms with Gasteiger partial charge in [-0.15, -0.1) is 0 Å². The van der Waals surface area contributed by atoms with Crippen molar-refractivity contribution in [2.45, 2.75) is 19.3 Å². The lowest BCUT2D eigenvalue weighted by Gasteiger charge is -2.13. The summed E-state index contributed by atoms with van der Waals surface area (Å²) in [4.78, 5) is 0. The fourth-order valence-electron chi connectivity index (χ4n) is 1.84. The predicted molar refractivity (Wildman–Crippen MR) is 71.3 cm³/mol. The zero-order chi connectivity index (χ0) is 13.5. The Labute approximate surface area is 112 Å². The molecular formula is C15H16N2O2. The van der Waals surface area contributed by atoms with Crippen LogP contribution in [0.5, 0.6) is 0 Å². The fraction of sp³-hybridized carbons (Fsp3) is 0.267. The van der Waals surface area contributed by atoms with E-state index in [9.17, 15) is 5.11 Å². The molecule has 0 saturated carbocycles. The second kappa shape index (κ2) is 6.74. The number of hydrogen-bond donors (Lipinski definition) is 1. The van der Waals surface area contributed by atoms with Gasteiger partial charge in [0.15, 0.2) is 0 Å². The lowest BCUT2D eigenvalue weighted by molar-refractivity contribution is 0.0203. The van der Waals surface area contributed by atoms with E-state index in [1.807, 2.05) is 30.3 Å². The SMILES string of the molecule is N#Cc1cccn1CC(O)COCc1ccccc1. The molecular weight excluding hydrogens is 240 g/mol. The van der Waals surface area contributed by atoms with Gasteiger partial charge in [-0.05, 0) is 17.7 Å². The lowest BCUT2D eigenvalue weighted by atomic mass is 10.2. The highest BCUT2D eigenvalue weighted by Gasteiger charge is 2.08. The van der Waals surface area contributed by atoms with Crippen LogP contribution >= 0.6 is 0 Å². The molecule has 0 aliphatic rings. The standard InChI is InChI=1S/C15H16N2O2/c16-9-14-7-4-8-17(14)10-15(18)12-19-11-13-5-2-1-3-6-13/h1-8,15,18H,10-12H2. The molecule has 1 aromatic heterocycles. The first-order valence-electron chi connectivity index (χ1n) is 6.14. The van der Waals surface area contributed by atoms with E-state index in [1.54, 1.807) is 22.9 Å². The van der Waals surface area contributed by atoms with Crippen LogP contribution in [-0.4, -0.2) is 22.4 Å². The van der Waals surface area contributed by atoms with Crippen molar-refractivity contribution < 1.29 is 9.84 Å². The minimum Gasteiger partial charge on any atom is -0.389 e. The van der Waals surface area contributed by atoms with Gasteiger partial charge in [0, 0.05) is 6.20 Å². The highest BCUT2D eigenvalue weighted by molar-refractivity contribution is 5.22. The molecule has 19 heavy (non-hydrogen) atoms. The van der Waals surface area contributed by atoms with Gasteiger partial charge in [-0.1, -0.05) is 30.3 Å². The van der Waals surface area contributed by atoms with E-state index in [0.29, 0.717) is 18.8 Å². The first-order chi connectivity index (χ1) is 9.29. The van der Waals surface area contributed by atoms with Gasteiger partial charge < -0.3 is 14.4 Å². The number of benzene rings is 1. The summed E-state index contributed by atoms with van der Waals surface area (Å²) in [6, 6.07) is 15.4. The number of aliphatic hydroxyl groups excluding tert-OH is 1. The minimum atomic E-state index is -0.622. The molecule has 0 amide bonds. The van der Waals surface area contributed by atoms with Crippen LogP contribution in [-0.2, 0) is 17.9 Å². The quantitative estimate of drug-likeness (QED) is 0.859. The molecule has 1 atom stereocenters. The summed E-state index contributed by atoms with van der Waals surface area (Å²) in [7, 11) is 0. The molecule has 0 aliphatic carbocycles. The molecule has 1 unspecified atom stereocenters. The van der Waals surface area contributed by atoms with Gasteiger partial charge in [0.25, 0.3) is 0 Å². The number of rotatable bonds is 6. The summed E-state index contributed by atoms with van der Waals surface area (Å²) in [5.41, 5.74) is 1.62. The third-order valence-corrected chi connectivity index (χ3v) is 2.77. The van der Waals surface area contributed by atoms with Crippen LogP contribution in [0.15, 0.2) is 48.7 Å². The Morgan fingerprint density at radius 1 is 1.21 bits per heavy atom. The Bertz CT molecular complexity index is 543. The second-order valence-corrected chi connectivity index (χ2v) is 4.31. The Morgan fingerprint density at radius 3 is 2.74 bits per heavy atom. The molecule has 0 spiro atoms. The summed E-state index contributed by atoms with van der Waals surface area (Å²) in [5, 5.41) is 18.7. The number of ether oxygens (including phenoxy) is 1. The molecule has 2 aromatic rings. The summed E-state index contributed by atoms with van der Waals surface area (Å²) in [6.45, 7) is 1.09. The van der Waals surface area contributed by atoms with Crippen LogP contribution in [0.3, 0.4) is 0 Å². The Balaban J connectivity index is 1.76. The number of aliphatic hydroxyl groups is 1. The zero-order valence-corrected chi connectivity index (χ0v) is 10.6. The number of aromatic nitrogens is 1. The highest BCUT2D eigenvalue weighted by atomic mass is 16.5. The molecule has 0 saturated heterocycles. The first-order valence-corrected chi connectivity index (χ1v) is 6.14. The lowest BCUT2D eigenvalue weighted by Crippen LogP contribution is -2.22. The van der Waals surface area contributed by atoms with Crippen LogP contribution in [0.1, 0.15) is 11.3 Å². The third-order valence-electron chi connectivity index (χ3n) is 2.77. The Kier molecular flexibility index (Phi) is 4.73. The highest BCUT2D eigenvalue weighted by Crippen LogP contribution is 2.04. The van der Waals surface area contributed by atoms with Crippen molar-refractivity contribution in [2.24, 2.45) is 0 Å². The van der Waals surface area contributed by atoms with Gasteiger partial charge in [-0.2, -0.15) is 5.26 Å². The van der Waals surface area contributed by atoms with E-state index in [2.05, 4.69) is 6.07 Å². The average Bonchev–Trinajstić information content (AvgIpc) is 2.87. The van der Waals surface area contributed by atoms with E-state index in [1.165, 1.54) is 0 Å². The molecule has 4 nitrogen and oxygen atoms in total. The maximum Gasteiger partial charge on any atom is 0.120 e. The third kappa shape index (κ3) is 3.95. The summed E-state index contributed by atoms with van der Waals surface area (Å²) >= 11 is 0. The molecule has 1 N–H and O–H groups in total.